The van der Waals surface area contributed by atoms with Crippen molar-refractivity contribution in [2.45, 2.75) is 40.7 Å². The van der Waals surface area contributed by atoms with E-state index in [9.17, 15) is 5.11 Å². The van der Waals surface area contributed by atoms with E-state index in [1.807, 2.05) is 26.0 Å². The average molecular weight is 156 g/mol. The minimum absolute atomic E-state index is 0.0150. The van der Waals surface area contributed by atoms with Crippen LogP contribution in [0, 0.1) is 11.3 Å². The van der Waals surface area contributed by atoms with Gasteiger partial charge in [-0.2, -0.15) is 0 Å². The Balaban J connectivity index is 4.13. The minimum atomic E-state index is -0.251. The molecular weight excluding hydrogens is 136 g/mol. The fraction of sp³-hybridized carbons (Fsp3) is 0.800. The van der Waals surface area contributed by atoms with Gasteiger partial charge in [0.2, 0.25) is 0 Å². The first-order chi connectivity index (χ1) is 4.89. The van der Waals surface area contributed by atoms with Crippen LogP contribution in [-0.2, 0) is 0 Å². The summed E-state index contributed by atoms with van der Waals surface area (Å²) in [4.78, 5) is 0. The maximum atomic E-state index is 9.73. The van der Waals surface area contributed by atoms with Gasteiger partial charge in [-0.3, -0.25) is 0 Å². The van der Waals surface area contributed by atoms with Crippen LogP contribution in [-0.4, -0.2) is 11.2 Å². The molecule has 0 rings (SSSR count). The molecule has 11 heavy (non-hydrogen) atoms. The Morgan fingerprint density at radius 1 is 1.27 bits per heavy atom. The molecule has 0 saturated carbocycles. The lowest BCUT2D eigenvalue weighted by atomic mass is 9.82. The first-order valence-electron chi connectivity index (χ1n) is 4.20. The maximum absolute atomic E-state index is 9.73. The van der Waals surface area contributed by atoms with Gasteiger partial charge in [0, 0.05) is 5.92 Å². The van der Waals surface area contributed by atoms with Crippen LogP contribution in [0.2, 0.25) is 0 Å². The van der Waals surface area contributed by atoms with Crippen molar-refractivity contribution in [3.8, 4) is 0 Å². The van der Waals surface area contributed by atoms with Crippen molar-refractivity contribution >= 4 is 0 Å². The van der Waals surface area contributed by atoms with Crippen molar-refractivity contribution in [2.75, 3.05) is 0 Å². The van der Waals surface area contributed by atoms with Crippen molar-refractivity contribution < 1.29 is 5.11 Å². The predicted octanol–water partition coefficient (Wildman–Crippen LogP) is 2.61. The molecule has 0 fully saturated rings. The Kier molecular flexibility index (Phi) is 3.81. The Morgan fingerprint density at radius 3 is 2.00 bits per heavy atom. The molecule has 0 aromatic rings. The molecule has 0 heterocycles. The first kappa shape index (κ1) is 10.7. The van der Waals surface area contributed by atoms with Gasteiger partial charge < -0.3 is 5.11 Å². The SMILES string of the molecule is C/C=C/[C@H](C)[C@@H](O)C(C)(C)C. The average Bonchev–Trinajstić information content (AvgIpc) is 1.85. The second-order valence-electron chi connectivity index (χ2n) is 4.20. The zero-order valence-corrected chi connectivity index (χ0v) is 8.26. The molecule has 0 amide bonds. The number of aliphatic hydroxyl groups is 1. The van der Waals surface area contributed by atoms with Crippen LogP contribution >= 0.6 is 0 Å². The Morgan fingerprint density at radius 2 is 1.73 bits per heavy atom. The van der Waals surface area contributed by atoms with E-state index in [0.717, 1.165) is 0 Å². The highest BCUT2D eigenvalue weighted by molar-refractivity contribution is 4.91. The van der Waals surface area contributed by atoms with E-state index in [4.69, 9.17) is 0 Å². The van der Waals surface area contributed by atoms with Gasteiger partial charge in [-0.15, -0.1) is 0 Å². The van der Waals surface area contributed by atoms with Gasteiger partial charge in [0.05, 0.1) is 6.10 Å². The zero-order valence-electron chi connectivity index (χ0n) is 8.26. The van der Waals surface area contributed by atoms with Crippen molar-refractivity contribution in [1.29, 1.82) is 0 Å². The molecule has 0 saturated heterocycles. The molecule has 0 aliphatic rings. The Bertz CT molecular complexity index is 130. The summed E-state index contributed by atoms with van der Waals surface area (Å²) >= 11 is 0. The van der Waals surface area contributed by atoms with Gasteiger partial charge in [0.1, 0.15) is 0 Å². The summed E-state index contributed by atoms with van der Waals surface area (Å²) in [6.45, 7) is 10.2. The second-order valence-corrected chi connectivity index (χ2v) is 4.20. The van der Waals surface area contributed by atoms with Gasteiger partial charge >= 0.3 is 0 Å². The van der Waals surface area contributed by atoms with Gasteiger partial charge in [-0.05, 0) is 12.3 Å². The van der Waals surface area contributed by atoms with Crippen LogP contribution in [0.3, 0.4) is 0 Å². The number of aliphatic hydroxyl groups excluding tert-OH is 1. The summed E-state index contributed by atoms with van der Waals surface area (Å²) in [5.41, 5.74) is -0.0150. The van der Waals surface area contributed by atoms with Crippen LogP contribution in [0.4, 0.5) is 0 Å². The van der Waals surface area contributed by atoms with E-state index in [-0.39, 0.29) is 17.4 Å². The molecule has 0 bridgehead atoms. The minimum Gasteiger partial charge on any atom is -0.392 e. The summed E-state index contributed by atoms with van der Waals surface area (Å²) in [7, 11) is 0. The van der Waals surface area contributed by atoms with Crippen molar-refractivity contribution in [1.82, 2.24) is 0 Å². The summed E-state index contributed by atoms with van der Waals surface area (Å²) in [5.74, 6) is 0.250. The van der Waals surface area contributed by atoms with Gasteiger partial charge in [-0.1, -0.05) is 39.8 Å². The lowest BCUT2D eigenvalue weighted by Crippen LogP contribution is -2.31. The lowest BCUT2D eigenvalue weighted by molar-refractivity contribution is 0.0337. The zero-order chi connectivity index (χ0) is 9.07. The van der Waals surface area contributed by atoms with E-state index < -0.39 is 0 Å². The fourth-order valence-electron chi connectivity index (χ4n) is 1.20. The lowest BCUT2D eigenvalue weighted by Gasteiger charge is -2.29. The molecule has 66 valence electrons. The first-order valence-corrected chi connectivity index (χ1v) is 4.20. The number of hydrogen-bond donors (Lipinski definition) is 1. The van der Waals surface area contributed by atoms with Crippen LogP contribution < -0.4 is 0 Å². The van der Waals surface area contributed by atoms with E-state index in [1.165, 1.54) is 0 Å². The molecule has 2 atom stereocenters. The second kappa shape index (κ2) is 3.91. The highest BCUT2D eigenvalue weighted by Gasteiger charge is 2.25. The van der Waals surface area contributed by atoms with E-state index in [0.29, 0.717) is 0 Å². The molecule has 0 spiro atoms. The third-order valence-electron chi connectivity index (χ3n) is 1.88. The molecule has 0 aliphatic carbocycles. The normalized spacial score (nSPS) is 18.7. The summed E-state index contributed by atoms with van der Waals surface area (Å²) in [5, 5.41) is 9.73. The number of hydrogen-bond acceptors (Lipinski definition) is 1. The third kappa shape index (κ3) is 3.57. The Labute approximate surface area is 70.1 Å². The van der Waals surface area contributed by atoms with Gasteiger partial charge in [0.15, 0.2) is 0 Å². The largest absolute Gasteiger partial charge is 0.392 e. The van der Waals surface area contributed by atoms with E-state index in [1.54, 1.807) is 0 Å². The van der Waals surface area contributed by atoms with Crippen LogP contribution in [0.15, 0.2) is 12.2 Å². The number of rotatable bonds is 2. The quantitative estimate of drug-likeness (QED) is 0.609. The fourth-order valence-corrected chi connectivity index (χ4v) is 1.20. The molecule has 0 aromatic heterocycles. The third-order valence-corrected chi connectivity index (χ3v) is 1.88. The van der Waals surface area contributed by atoms with E-state index in [2.05, 4.69) is 20.8 Å². The molecule has 1 heteroatoms. The van der Waals surface area contributed by atoms with Crippen LogP contribution in [0.25, 0.3) is 0 Å². The molecule has 1 nitrogen and oxygen atoms in total. The predicted molar refractivity (Wildman–Crippen MR) is 49.4 cm³/mol. The molecule has 1 N–H and O–H groups in total. The molecule has 0 aliphatic heterocycles. The van der Waals surface area contributed by atoms with Gasteiger partial charge in [0.25, 0.3) is 0 Å². The summed E-state index contributed by atoms with van der Waals surface area (Å²) in [6, 6.07) is 0. The molecule has 0 radical (unpaired) electrons. The van der Waals surface area contributed by atoms with Crippen LogP contribution in [0.1, 0.15) is 34.6 Å². The van der Waals surface area contributed by atoms with E-state index >= 15 is 0 Å². The number of allylic oxidation sites excluding steroid dienone is 1. The van der Waals surface area contributed by atoms with Crippen LogP contribution in [0.5, 0.6) is 0 Å². The molecular formula is C10H20O. The summed E-state index contributed by atoms with van der Waals surface area (Å²) < 4.78 is 0. The topological polar surface area (TPSA) is 20.2 Å². The maximum Gasteiger partial charge on any atom is 0.0648 e. The van der Waals surface area contributed by atoms with Crippen molar-refractivity contribution in [3.63, 3.8) is 0 Å². The van der Waals surface area contributed by atoms with Crippen molar-refractivity contribution in [2.24, 2.45) is 11.3 Å². The van der Waals surface area contributed by atoms with Crippen molar-refractivity contribution in [3.05, 3.63) is 12.2 Å². The highest BCUT2D eigenvalue weighted by Crippen LogP contribution is 2.25. The highest BCUT2D eigenvalue weighted by atomic mass is 16.3. The molecule has 0 aromatic carbocycles. The molecule has 0 unspecified atom stereocenters. The Hall–Kier alpha value is -0.300. The monoisotopic (exact) mass is 156 g/mol. The van der Waals surface area contributed by atoms with Gasteiger partial charge in [-0.25, -0.2) is 0 Å². The smallest absolute Gasteiger partial charge is 0.0648 e. The standard InChI is InChI=1S/C10H20O/c1-6-7-8(2)9(11)10(3,4)5/h6-9,11H,1-5H3/b7-6+/t8-,9+/m0/s1. The summed E-state index contributed by atoms with van der Waals surface area (Å²) in [6.07, 6.45) is 3.77.